The van der Waals surface area contributed by atoms with Crippen LogP contribution in [0, 0.1) is 10.5 Å². The van der Waals surface area contributed by atoms with Crippen LogP contribution in [0.1, 0.15) is 10.4 Å². The Labute approximate surface area is 140 Å². The average Bonchev–Trinajstić information content (AvgIpc) is 2.75. The standard InChI is InChI=1S/C12H12ClIN2O2S2/c1-7-4-12(19-11(7)6-15)20(17,18)16-10-3-2-8(13)5-9(10)14/h2-5,16H,6,15H2,1H3. The molecule has 108 valence electrons. The van der Waals surface area contributed by atoms with Gasteiger partial charge in [0.05, 0.1) is 5.69 Å². The Kier molecular flexibility index (Phi) is 4.96. The third-order valence-corrected chi connectivity index (χ3v) is 6.85. The summed E-state index contributed by atoms with van der Waals surface area (Å²) >= 11 is 9.08. The number of sulfonamides is 1. The normalized spacial score (nSPS) is 11.6. The van der Waals surface area contributed by atoms with E-state index < -0.39 is 10.0 Å². The van der Waals surface area contributed by atoms with Gasteiger partial charge in [-0.15, -0.1) is 11.3 Å². The van der Waals surface area contributed by atoms with Gasteiger partial charge in [-0.25, -0.2) is 8.42 Å². The van der Waals surface area contributed by atoms with E-state index in [4.69, 9.17) is 17.3 Å². The first-order valence-electron chi connectivity index (χ1n) is 5.60. The molecule has 0 spiro atoms. The van der Waals surface area contributed by atoms with Crippen molar-refractivity contribution in [2.24, 2.45) is 5.73 Å². The maximum atomic E-state index is 12.3. The molecule has 0 amide bonds. The SMILES string of the molecule is Cc1cc(S(=O)(=O)Nc2ccc(Cl)cc2I)sc1CN. The predicted molar refractivity (Wildman–Crippen MR) is 91.9 cm³/mol. The topological polar surface area (TPSA) is 72.2 Å². The molecule has 0 unspecified atom stereocenters. The molecule has 1 aromatic carbocycles. The fourth-order valence-corrected chi connectivity index (χ4v) is 5.33. The lowest BCUT2D eigenvalue weighted by Crippen LogP contribution is -2.12. The minimum absolute atomic E-state index is 0.265. The van der Waals surface area contributed by atoms with E-state index in [9.17, 15) is 8.42 Å². The fraction of sp³-hybridized carbons (Fsp3) is 0.167. The summed E-state index contributed by atoms with van der Waals surface area (Å²) in [6.45, 7) is 2.19. The van der Waals surface area contributed by atoms with Crippen LogP contribution in [0.4, 0.5) is 5.69 Å². The van der Waals surface area contributed by atoms with Gasteiger partial charge < -0.3 is 5.73 Å². The molecule has 4 nitrogen and oxygen atoms in total. The maximum absolute atomic E-state index is 12.3. The van der Waals surface area contributed by atoms with Gasteiger partial charge in [0.2, 0.25) is 0 Å². The summed E-state index contributed by atoms with van der Waals surface area (Å²) in [4.78, 5) is 0.871. The van der Waals surface area contributed by atoms with Crippen molar-refractivity contribution >= 4 is 61.2 Å². The molecule has 0 aliphatic heterocycles. The summed E-state index contributed by atoms with van der Waals surface area (Å²) in [6, 6.07) is 6.63. The third-order valence-electron chi connectivity index (χ3n) is 2.62. The molecular formula is C12H12ClIN2O2S2. The maximum Gasteiger partial charge on any atom is 0.271 e. The molecule has 0 aliphatic rings. The van der Waals surface area contributed by atoms with E-state index in [0.29, 0.717) is 17.3 Å². The van der Waals surface area contributed by atoms with Crippen LogP contribution in [-0.2, 0) is 16.6 Å². The second-order valence-corrected chi connectivity index (χ2v) is 8.75. The van der Waals surface area contributed by atoms with Crippen molar-refractivity contribution in [1.29, 1.82) is 0 Å². The molecule has 2 rings (SSSR count). The highest BCUT2D eigenvalue weighted by Crippen LogP contribution is 2.29. The highest BCUT2D eigenvalue weighted by atomic mass is 127. The van der Waals surface area contributed by atoms with E-state index in [1.54, 1.807) is 24.3 Å². The Balaban J connectivity index is 2.35. The van der Waals surface area contributed by atoms with E-state index in [1.807, 2.05) is 29.5 Å². The van der Waals surface area contributed by atoms with Crippen LogP contribution < -0.4 is 10.5 Å². The highest BCUT2D eigenvalue weighted by Gasteiger charge is 2.19. The zero-order chi connectivity index (χ0) is 14.9. The summed E-state index contributed by atoms with van der Waals surface area (Å²) in [5.41, 5.74) is 6.98. The lowest BCUT2D eigenvalue weighted by Gasteiger charge is -2.08. The van der Waals surface area contributed by atoms with Gasteiger partial charge in [-0.05, 0) is 59.3 Å². The molecule has 20 heavy (non-hydrogen) atoms. The third kappa shape index (κ3) is 3.45. The number of benzene rings is 1. The van der Waals surface area contributed by atoms with Crippen molar-refractivity contribution in [3.8, 4) is 0 Å². The van der Waals surface area contributed by atoms with Crippen molar-refractivity contribution in [2.75, 3.05) is 4.72 Å². The Morgan fingerprint density at radius 3 is 2.65 bits per heavy atom. The largest absolute Gasteiger partial charge is 0.326 e. The molecule has 0 fully saturated rings. The molecule has 1 heterocycles. The van der Waals surface area contributed by atoms with E-state index in [0.717, 1.165) is 14.0 Å². The van der Waals surface area contributed by atoms with E-state index in [2.05, 4.69) is 4.72 Å². The van der Waals surface area contributed by atoms with Crippen LogP contribution in [0.2, 0.25) is 5.02 Å². The van der Waals surface area contributed by atoms with Crippen LogP contribution in [-0.4, -0.2) is 8.42 Å². The van der Waals surface area contributed by atoms with E-state index in [1.165, 1.54) is 11.3 Å². The summed E-state index contributed by atoms with van der Waals surface area (Å²) in [5.74, 6) is 0. The van der Waals surface area contributed by atoms with Crippen molar-refractivity contribution < 1.29 is 8.42 Å². The number of anilines is 1. The quantitative estimate of drug-likeness (QED) is 0.711. The van der Waals surface area contributed by atoms with Crippen molar-refractivity contribution in [2.45, 2.75) is 17.7 Å². The van der Waals surface area contributed by atoms with Gasteiger partial charge in [0.15, 0.2) is 0 Å². The van der Waals surface area contributed by atoms with Gasteiger partial charge >= 0.3 is 0 Å². The lowest BCUT2D eigenvalue weighted by atomic mass is 10.3. The van der Waals surface area contributed by atoms with Crippen LogP contribution in [0.25, 0.3) is 0 Å². The van der Waals surface area contributed by atoms with Crippen LogP contribution >= 0.6 is 45.5 Å². The molecular weight excluding hydrogens is 431 g/mol. The summed E-state index contributed by atoms with van der Waals surface area (Å²) in [5, 5.41) is 0.565. The molecule has 0 bridgehead atoms. The summed E-state index contributed by atoms with van der Waals surface area (Å²) in [7, 11) is -3.60. The summed E-state index contributed by atoms with van der Waals surface area (Å²) in [6.07, 6.45) is 0. The first kappa shape index (κ1) is 16.0. The summed E-state index contributed by atoms with van der Waals surface area (Å²) < 4.78 is 28.3. The Bertz CT molecular complexity index is 744. The molecule has 0 aliphatic carbocycles. The zero-order valence-electron chi connectivity index (χ0n) is 10.5. The van der Waals surface area contributed by atoms with Crippen molar-refractivity contribution in [3.05, 3.63) is 43.3 Å². The monoisotopic (exact) mass is 442 g/mol. The second-order valence-electron chi connectivity index (χ2n) is 4.11. The van der Waals surface area contributed by atoms with Crippen LogP contribution in [0.3, 0.4) is 0 Å². The smallest absolute Gasteiger partial charge is 0.271 e. The molecule has 8 heteroatoms. The van der Waals surface area contributed by atoms with Gasteiger partial charge in [-0.1, -0.05) is 11.6 Å². The number of hydrogen-bond donors (Lipinski definition) is 2. The molecule has 0 saturated heterocycles. The number of aryl methyl sites for hydroxylation is 1. The van der Waals surface area contributed by atoms with E-state index >= 15 is 0 Å². The van der Waals surface area contributed by atoms with Crippen molar-refractivity contribution in [1.82, 2.24) is 0 Å². The first-order valence-corrected chi connectivity index (χ1v) is 9.36. The molecule has 2 aromatic rings. The van der Waals surface area contributed by atoms with Gasteiger partial charge in [-0.2, -0.15) is 0 Å². The number of halogens is 2. The van der Waals surface area contributed by atoms with Gasteiger partial charge in [-0.3, -0.25) is 4.72 Å². The zero-order valence-corrected chi connectivity index (χ0v) is 15.0. The predicted octanol–water partition coefficient (Wildman–Crippen LogP) is 3.57. The Morgan fingerprint density at radius 1 is 1.40 bits per heavy atom. The number of nitrogens with two attached hydrogens (primary N) is 1. The fourth-order valence-electron chi connectivity index (χ4n) is 1.59. The molecule has 0 radical (unpaired) electrons. The van der Waals surface area contributed by atoms with Gasteiger partial charge in [0.25, 0.3) is 10.0 Å². The number of thiophene rings is 1. The van der Waals surface area contributed by atoms with Gasteiger partial charge in [0.1, 0.15) is 4.21 Å². The molecule has 1 aromatic heterocycles. The highest BCUT2D eigenvalue weighted by molar-refractivity contribution is 14.1. The van der Waals surface area contributed by atoms with Crippen LogP contribution in [0.15, 0.2) is 28.5 Å². The number of hydrogen-bond acceptors (Lipinski definition) is 4. The minimum atomic E-state index is -3.60. The minimum Gasteiger partial charge on any atom is -0.326 e. The lowest BCUT2D eigenvalue weighted by molar-refractivity contribution is 0.603. The van der Waals surface area contributed by atoms with Crippen molar-refractivity contribution in [3.63, 3.8) is 0 Å². The van der Waals surface area contributed by atoms with Gasteiger partial charge in [0, 0.05) is 20.0 Å². The second kappa shape index (κ2) is 6.18. The Hall–Kier alpha value is -0.350. The molecule has 0 saturated carbocycles. The first-order chi connectivity index (χ1) is 9.33. The number of nitrogens with one attached hydrogen (secondary N) is 1. The molecule has 3 N–H and O–H groups in total. The number of rotatable bonds is 4. The van der Waals surface area contributed by atoms with E-state index in [-0.39, 0.29) is 4.21 Å². The Morgan fingerprint density at radius 2 is 2.10 bits per heavy atom. The molecule has 0 atom stereocenters. The van der Waals surface area contributed by atoms with Crippen LogP contribution in [0.5, 0.6) is 0 Å². The average molecular weight is 443 g/mol.